The SMILES string of the molecule is Cc1cccc(-c2c(-c3cccc(OC(F)(F)F)c3)cc3n2[C@@H](Cc2cnc[nH]2)CNC3=O)c1. The lowest BCUT2D eigenvalue weighted by Crippen LogP contribution is -2.39. The van der Waals surface area contributed by atoms with Crippen LogP contribution in [0, 0.1) is 6.92 Å². The summed E-state index contributed by atoms with van der Waals surface area (Å²) in [6.45, 7) is 2.38. The number of carbonyl (C=O) groups is 1. The van der Waals surface area contributed by atoms with Gasteiger partial charge in [-0.3, -0.25) is 4.79 Å². The molecule has 1 amide bonds. The predicted molar refractivity (Wildman–Crippen MR) is 120 cm³/mol. The van der Waals surface area contributed by atoms with Crippen LogP contribution in [-0.2, 0) is 6.42 Å². The number of amides is 1. The van der Waals surface area contributed by atoms with Gasteiger partial charge < -0.3 is 19.6 Å². The van der Waals surface area contributed by atoms with Gasteiger partial charge >= 0.3 is 6.36 Å². The van der Waals surface area contributed by atoms with Crippen LogP contribution in [0.1, 0.15) is 27.8 Å². The van der Waals surface area contributed by atoms with Crippen molar-refractivity contribution in [3.63, 3.8) is 0 Å². The Balaban J connectivity index is 1.70. The fourth-order valence-electron chi connectivity index (χ4n) is 4.45. The molecular formula is C25H21F3N4O2. The van der Waals surface area contributed by atoms with Gasteiger partial charge in [0.25, 0.3) is 5.91 Å². The topological polar surface area (TPSA) is 71.9 Å². The number of ether oxygens (including phenoxy) is 1. The zero-order valence-corrected chi connectivity index (χ0v) is 18.2. The van der Waals surface area contributed by atoms with Gasteiger partial charge in [0, 0.05) is 30.4 Å². The molecule has 0 saturated heterocycles. The Bertz CT molecular complexity index is 1340. The third-order valence-electron chi connectivity index (χ3n) is 5.81. The maximum atomic E-state index is 12.9. The number of aromatic nitrogens is 3. The van der Waals surface area contributed by atoms with Crippen molar-refractivity contribution in [2.24, 2.45) is 0 Å². The number of nitrogens with one attached hydrogen (secondary N) is 2. The van der Waals surface area contributed by atoms with Gasteiger partial charge in [-0.25, -0.2) is 4.98 Å². The van der Waals surface area contributed by atoms with Gasteiger partial charge in [-0.15, -0.1) is 13.2 Å². The Morgan fingerprint density at radius 1 is 1.12 bits per heavy atom. The van der Waals surface area contributed by atoms with Crippen LogP contribution in [0.5, 0.6) is 5.75 Å². The van der Waals surface area contributed by atoms with Crippen molar-refractivity contribution in [1.82, 2.24) is 19.9 Å². The molecule has 0 fully saturated rings. The number of imidazole rings is 1. The number of fused-ring (bicyclic) bond motifs is 1. The smallest absolute Gasteiger partial charge is 0.406 e. The summed E-state index contributed by atoms with van der Waals surface area (Å²) in [6, 6.07) is 15.3. The van der Waals surface area contributed by atoms with Crippen molar-refractivity contribution in [1.29, 1.82) is 0 Å². The van der Waals surface area contributed by atoms with Crippen LogP contribution in [0.2, 0.25) is 0 Å². The highest BCUT2D eigenvalue weighted by Crippen LogP contribution is 2.40. The predicted octanol–water partition coefficient (Wildman–Crippen LogP) is 5.28. The fourth-order valence-corrected chi connectivity index (χ4v) is 4.45. The van der Waals surface area contributed by atoms with Crippen LogP contribution >= 0.6 is 0 Å². The number of benzene rings is 2. The van der Waals surface area contributed by atoms with Crippen molar-refractivity contribution in [2.45, 2.75) is 25.7 Å². The molecule has 1 atom stereocenters. The Kier molecular flexibility index (Phi) is 5.39. The molecule has 0 unspecified atom stereocenters. The lowest BCUT2D eigenvalue weighted by molar-refractivity contribution is -0.274. The standard InChI is InChI=1S/C25H21F3N4O2/c1-15-4-2-6-17(8-15)23-21(16-5-3-7-20(9-16)34-25(26,27)28)11-22-24(33)30-13-19(32(22)23)10-18-12-29-14-31-18/h2-9,11-12,14,19H,10,13H2,1H3,(H,29,31)(H,30,33)/t19-/m0/s1. The average Bonchev–Trinajstić information content (AvgIpc) is 3.43. The van der Waals surface area contributed by atoms with E-state index < -0.39 is 6.36 Å². The zero-order valence-electron chi connectivity index (χ0n) is 18.2. The van der Waals surface area contributed by atoms with Gasteiger partial charge in [-0.2, -0.15) is 0 Å². The number of aromatic amines is 1. The molecule has 9 heteroatoms. The van der Waals surface area contributed by atoms with Gasteiger partial charge in [0.15, 0.2) is 0 Å². The molecule has 34 heavy (non-hydrogen) atoms. The Hall–Kier alpha value is -4.01. The minimum atomic E-state index is -4.80. The lowest BCUT2D eigenvalue weighted by Gasteiger charge is -2.28. The summed E-state index contributed by atoms with van der Waals surface area (Å²) in [5.74, 6) is -0.550. The third-order valence-corrected chi connectivity index (χ3v) is 5.81. The largest absolute Gasteiger partial charge is 0.573 e. The van der Waals surface area contributed by atoms with E-state index in [-0.39, 0.29) is 17.7 Å². The second-order valence-corrected chi connectivity index (χ2v) is 8.25. The molecule has 1 aliphatic heterocycles. The summed E-state index contributed by atoms with van der Waals surface area (Å²) in [5.41, 5.74) is 5.20. The highest BCUT2D eigenvalue weighted by atomic mass is 19.4. The zero-order chi connectivity index (χ0) is 23.9. The summed E-state index contributed by atoms with van der Waals surface area (Å²) in [4.78, 5) is 20.0. The molecular weight excluding hydrogens is 445 g/mol. The van der Waals surface area contributed by atoms with Gasteiger partial charge in [0.05, 0.1) is 18.1 Å². The van der Waals surface area contributed by atoms with Gasteiger partial charge in [-0.05, 0) is 42.3 Å². The highest BCUT2D eigenvalue weighted by Gasteiger charge is 2.33. The van der Waals surface area contributed by atoms with E-state index in [0.29, 0.717) is 29.8 Å². The number of rotatable bonds is 5. The van der Waals surface area contributed by atoms with Crippen molar-refractivity contribution in [2.75, 3.05) is 6.54 Å². The van der Waals surface area contributed by atoms with E-state index in [1.54, 1.807) is 24.7 Å². The molecule has 2 aromatic carbocycles. The van der Waals surface area contributed by atoms with Crippen LogP contribution in [-0.4, -0.2) is 33.3 Å². The van der Waals surface area contributed by atoms with Crippen LogP contribution in [0.25, 0.3) is 22.4 Å². The summed E-state index contributed by atoms with van der Waals surface area (Å²) >= 11 is 0. The maximum Gasteiger partial charge on any atom is 0.573 e. The molecule has 0 radical (unpaired) electrons. The van der Waals surface area contributed by atoms with Gasteiger partial charge in [0.2, 0.25) is 0 Å². The van der Waals surface area contributed by atoms with Gasteiger partial charge in [-0.1, -0.05) is 35.9 Å². The summed E-state index contributed by atoms with van der Waals surface area (Å²) in [6.07, 6.45) is -0.859. The highest BCUT2D eigenvalue weighted by molar-refractivity contribution is 5.98. The van der Waals surface area contributed by atoms with E-state index in [1.807, 2.05) is 35.8 Å². The average molecular weight is 466 g/mol. The molecule has 1 aliphatic rings. The second kappa shape index (κ2) is 8.40. The van der Waals surface area contributed by atoms with E-state index in [4.69, 9.17) is 0 Å². The van der Waals surface area contributed by atoms with Crippen LogP contribution in [0.3, 0.4) is 0 Å². The van der Waals surface area contributed by atoms with Crippen molar-refractivity contribution >= 4 is 5.91 Å². The number of alkyl halides is 3. The quantitative estimate of drug-likeness (QED) is 0.420. The second-order valence-electron chi connectivity index (χ2n) is 8.25. The molecule has 2 aromatic heterocycles. The van der Waals surface area contributed by atoms with Crippen LogP contribution in [0.4, 0.5) is 13.2 Å². The summed E-state index contributed by atoms with van der Waals surface area (Å²) in [7, 11) is 0. The summed E-state index contributed by atoms with van der Waals surface area (Å²) < 4.78 is 44.7. The molecule has 0 saturated carbocycles. The van der Waals surface area contributed by atoms with Crippen LogP contribution in [0.15, 0.2) is 67.1 Å². The number of nitrogens with zero attached hydrogens (tertiary/aromatic N) is 2. The third kappa shape index (κ3) is 4.28. The minimum Gasteiger partial charge on any atom is -0.406 e. The maximum absolute atomic E-state index is 12.9. The van der Waals surface area contributed by atoms with Gasteiger partial charge in [0.1, 0.15) is 11.4 Å². The monoisotopic (exact) mass is 466 g/mol. The van der Waals surface area contributed by atoms with E-state index in [0.717, 1.165) is 22.5 Å². The molecule has 3 heterocycles. The molecule has 5 rings (SSSR count). The minimum absolute atomic E-state index is 0.118. The first-order valence-electron chi connectivity index (χ1n) is 10.7. The first kappa shape index (κ1) is 21.8. The Morgan fingerprint density at radius 2 is 1.91 bits per heavy atom. The normalized spacial score (nSPS) is 15.6. The Morgan fingerprint density at radius 3 is 2.65 bits per heavy atom. The molecule has 174 valence electrons. The van der Waals surface area contributed by atoms with E-state index in [9.17, 15) is 18.0 Å². The van der Waals surface area contributed by atoms with E-state index in [2.05, 4.69) is 20.0 Å². The molecule has 0 spiro atoms. The lowest BCUT2D eigenvalue weighted by atomic mass is 9.99. The number of hydrogen-bond donors (Lipinski definition) is 2. The molecule has 0 bridgehead atoms. The number of halogens is 3. The summed E-state index contributed by atoms with van der Waals surface area (Å²) in [5, 5.41) is 2.93. The molecule has 2 N–H and O–H groups in total. The van der Waals surface area contributed by atoms with Crippen molar-refractivity contribution in [3.05, 3.63) is 84.1 Å². The van der Waals surface area contributed by atoms with Crippen molar-refractivity contribution < 1.29 is 22.7 Å². The fraction of sp³-hybridized carbons (Fsp3) is 0.200. The number of H-pyrrole nitrogens is 1. The van der Waals surface area contributed by atoms with E-state index in [1.165, 1.54) is 18.2 Å². The molecule has 0 aliphatic carbocycles. The first-order chi connectivity index (χ1) is 16.3. The Labute approximate surface area is 193 Å². The van der Waals surface area contributed by atoms with E-state index >= 15 is 0 Å². The van der Waals surface area contributed by atoms with Crippen molar-refractivity contribution in [3.8, 4) is 28.1 Å². The number of hydrogen-bond acceptors (Lipinski definition) is 3. The molecule has 6 nitrogen and oxygen atoms in total. The number of aryl methyl sites for hydroxylation is 1. The van der Waals surface area contributed by atoms with Crippen LogP contribution < -0.4 is 10.1 Å². The molecule has 4 aromatic rings. The first-order valence-corrected chi connectivity index (χ1v) is 10.7. The number of carbonyl (C=O) groups excluding carboxylic acids is 1.